The molecule has 0 aliphatic heterocycles. The van der Waals surface area contributed by atoms with Gasteiger partial charge in [-0.1, -0.05) is 25.4 Å². The van der Waals surface area contributed by atoms with Crippen molar-refractivity contribution in [3.05, 3.63) is 33.9 Å². The summed E-state index contributed by atoms with van der Waals surface area (Å²) in [6, 6.07) is 4.22. The Hall–Kier alpha value is -1.17. The zero-order valence-corrected chi connectivity index (χ0v) is 12.7. The van der Waals surface area contributed by atoms with Crippen molar-refractivity contribution in [2.24, 2.45) is 5.92 Å². The van der Waals surface area contributed by atoms with Gasteiger partial charge in [-0.3, -0.25) is 4.79 Å². The minimum atomic E-state index is -0.607. The van der Waals surface area contributed by atoms with Gasteiger partial charge in [0, 0.05) is 16.6 Å². The van der Waals surface area contributed by atoms with Crippen LogP contribution in [-0.2, 0) is 0 Å². The molecule has 0 aliphatic rings. The van der Waals surface area contributed by atoms with E-state index in [9.17, 15) is 14.3 Å². The maximum absolute atomic E-state index is 13.2. The van der Waals surface area contributed by atoms with Crippen LogP contribution in [0, 0.1) is 11.7 Å². The van der Waals surface area contributed by atoms with E-state index in [1.54, 1.807) is 6.07 Å². The fraction of sp³-hybridized carbons (Fsp3) is 0.357. The molecule has 1 atom stereocenters. The molecule has 0 saturated carbocycles. The highest BCUT2D eigenvalue weighted by Gasteiger charge is 2.18. The third-order valence-corrected chi connectivity index (χ3v) is 4.69. The highest BCUT2D eigenvalue weighted by atomic mass is 35.5. The number of aliphatic hydroxyl groups is 1. The Bertz CT molecular complexity index is 641. The summed E-state index contributed by atoms with van der Waals surface area (Å²) in [7, 11) is 0. The highest BCUT2D eigenvalue weighted by Crippen LogP contribution is 2.35. The van der Waals surface area contributed by atoms with Crippen LogP contribution in [0.5, 0.6) is 0 Å². The summed E-state index contributed by atoms with van der Waals surface area (Å²) in [5, 5.41) is 13.3. The molecule has 0 saturated heterocycles. The first-order valence-electron chi connectivity index (χ1n) is 6.24. The van der Waals surface area contributed by atoms with Crippen LogP contribution in [-0.4, -0.2) is 23.7 Å². The molecule has 20 heavy (non-hydrogen) atoms. The molecule has 0 radical (unpaired) electrons. The number of aliphatic hydroxyl groups excluding tert-OH is 1. The molecular weight excluding hydrogens is 301 g/mol. The van der Waals surface area contributed by atoms with E-state index in [1.165, 1.54) is 12.1 Å². The third-order valence-electron chi connectivity index (χ3n) is 3.04. The Kier molecular flexibility index (Phi) is 4.62. The van der Waals surface area contributed by atoms with Crippen LogP contribution in [0.4, 0.5) is 4.39 Å². The van der Waals surface area contributed by atoms with Crippen LogP contribution in [0.3, 0.4) is 0 Å². The highest BCUT2D eigenvalue weighted by molar-refractivity contribution is 7.21. The molecule has 108 valence electrons. The lowest BCUT2D eigenvalue weighted by Gasteiger charge is -2.14. The number of hydrogen-bond acceptors (Lipinski definition) is 3. The van der Waals surface area contributed by atoms with E-state index >= 15 is 0 Å². The molecule has 6 heteroatoms. The van der Waals surface area contributed by atoms with Crippen molar-refractivity contribution < 1.29 is 14.3 Å². The SMILES string of the molecule is CC(C)C(O)CNC(=O)c1sc2cc(F)ccc2c1Cl. The van der Waals surface area contributed by atoms with Gasteiger partial charge in [-0.25, -0.2) is 4.39 Å². The zero-order valence-electron chi connectivity index (χ0n) is 11.1. The first-order valence-corrected chi connectivity index (χ1v) is 7.43. The van der Waals surface area contributed by atoms with E-state index in [0.29, 0.717) is 20.0 Å². The Labute approximate surface area is 125 Å². The predicted molar refractivity (Wildman–Crippen MR) is 80.0 cm³/mol. The van der Waals surface area contributed by atoms with Gasteiger partial charge in [0.1, 0.15) is 10.7 Å². The van der Waals surface area contributed by atoms with Crippen LogP contribution < -0.4 is 5.32 Å². The summed E-state index contributed by atoms with van der Waals surface area (Å²) in [4.78, 5) is 12.4. The summed E-state index contributed by atoms with van der Waals surface area (Å²) in [6.07, 6.45) is -0.607. The van der Waals surface area contributed by atoms with Crippen molar-refractivity contribution in [3.63, 3.8) is 0 Å². The molecular formula is C14H15ClFNO2S. The largest absolute Gasteiger partial charge is 0.391 e. The second kappa shape index (κ2) is 6.08. The zero-order chi connectivity index (χ0) is 14.9. The summed E-state index contributed by atoms with van der Waals surface area (Å²) < 4.78 is 13.8. The monoisotopic (exact) mass is 315 g/mol. The topological polar surface area (TPSA) is 49.3 Å². The first kappa shape index (κ1) is 15.2. The van der Waals surface area contributed by atoms with Crippen LogP contribution in [0.15, 0.2) is 18.2 Å². The summed E-state index contributed by atoms with van der Waals surface area (Å²) in [5.74, 6) is -0.656. The van der Waals surface area contributed by atoms with Crippen molar-refractivity contribution in [2.45, 2.75) is 20.0 Å². The Balaban J connectivity index is 2.20. The molecule has 2 N–H and O–H groups in total. The second-order valence-corrected chi connectivity index (χ2v) is 6.34. The molecule has 1 heterocycles. The maximum atomic E-state index is 13.2. The van der Waals surface area contributed by atoms with E-state index in [4.69, 9.17) is 11.6 Å². The number of thiophene rings is 1. The summed E-state index contributed by atoms with van der Waals surface area (Å²) >= 11 is 7.29. The standard InChI is InChI=1S/C14H15ClFNO2S/c1-7(2)10(18)6-17-14(19)13-12(15)9-4-3-8(16)5-11(9)20-13/h3-5,7,10,18H,6H2,1-2H3,(H,17,19). The van der Waals surface area contributed by atoms with E-state index in [2.05, 4.69) is 5.32 Å². The minimum Gasteiger partial charge on any atom is -0.391 e. The van der Waals surface area contributed by atoms with Gasteiger partial charge in [0.2, 0.25) is 0 Å². The maximum Gasteiger partial charge on any atom is 0.263 e. The molecule has 1 amide bonds. The van der Waals surface area contributed by atoms with Gasteiger partial charge < -0.3 is 10.4 Å². The first-order chi connectivity index (χ1) is 9.40. The second-order valence-electron chi connectivity index (χ2n) is 4.91. The van der Waals surface area contributed by atoms with Crippen LogP contribution in [0.2, 0.25) is 5.02 Å². The normalized spacial score (nSPS) is 12.9. The summed E-state index contributed by atoms with van der Waals surface area (Å²) in [5.41, 5.74) is 0. The molecule has 0 aliphatic carbocycles. The molecule has 1 aromatic carbocycles. The number of nitrogens with one attached hydrogen (secondary N) is 1. The van der Waals surface area contributed by atoms with E-state index in [-0.39, 0.29) is 24.2 Å². The molecule has 0 fully saturated rings. The number of hydrogen-bond donors (Lipinski definition) is 2. The number of halogens is 2. The van der Waals surface area contributed by atoms with Crippen LogP contribution >= 0.6 is 22.9 Å². The van der Waals surface area contributed by atoms with E-state index in [1.807, 2.05) is 13.8 Å². The fourth-order valence-electron chi connectivity index (χ4n) is 1.70. The van der Waals surface area contributed by atoms with Gasteiger partial charge in [0.05, 0.1) is 11.1 Å². The lowest BCUT2D eigenvalue weighted by Crippen LogP contribution is -2.34. The van der Waals surface area contributed by atoms with Gasteiger partial charge in [-0.05, 0) is 24.1 Å². The number of benzene rings is 1. The molecule has 2 aromatic rings. The number of carbonyl (C=O) groups excluding carboxylic acids is 1. The van der Waals surface area contributed by atoms with Crippen molar-refractivity contribution in [2.75, 3.05) is 6.54 Å². The average molecular weight is 316 g/mol. The quantitative estimate of drug-likeness (QED) is 0.908. The molecule has 2 rings (SSSR count). The molecule has 1 aromatic heterocycles. The van der Waals surface area contributed by atoms with E-state index in [0.717, 1.165) is 11.3 Å². The van der Waals surface area contributed by atoms with Gasteiger partial charge in [0.25, 0.3) is 5.91 Å². The summed E-state index contributed by atoms with van der Waals surface area (Å²) in [6.45, 7) is 3.90. The smallest absolute Gasteiger partial charge is 0.263 e. The van der Waals surface area contributed by atoms with Gasteiger partial charge in [-0.2, -0.15) is 0 Å². The van der Waals surface area contributed by atoms with Gasteiger partial charge in [-0.15, -0.1) is 11.3 Å². The molecule has 0 spiro atoms. The van der Waals surface area contributed by atoms with Crippen molar-refractivity contribution in [1.82, 2.24) is 5.32 Å². The Morgan fingerprint density at radius 2 is 2.20 bits per heavy atom. The van der Waals surface area contributed by atoms with Crippen molar-refractivity contribution in [3.8, 4) is 0 Å². The molecule has 3 nitrogen and oxygen atoms in total. The number of carbonyl (C=O) groups is 1. The Morgan fingerprint density at radius 3 is 2.85 bits per heavy atom. The van der Waals surface area contributed by atoms with Crippen LogP contribution in [0.25, 0.3) is 10.1 Å². The van der Waals surface area contributed by atoms with Crippen LogP contribution in [0.1, 0.15) is 23.5 Å². The predicted octanol–water partition coefficient (Wildman–Crippen LogP) is 3.44. The molecule has 1 unspecified atom stereocenters. The number of rotatable bonds is 4. The Morgan fingerprint density at radius 1 is 1.50 bits per heavy atom. The lowest BCUT2D eigenvalue weighted by atomic mass is 10.1. The van der Waals surface area contributed by atoms with Gasteiger partial charge in [0.15, 0.2) is 0 Å². The fourth-order valence-corrected chi connectivity index (χ4v) is 3.16. The lowest BCUT2D eigenvalue weighted by molar-refractivity contribution is 0.0875. The van der Waals surface area contributed by atoms with Crippen molar-refractivity contribution >= 4 is 38.9 Å². The molecule has 0 bridgehead atoms. The van der Waals surface area contributed by atoms with E-state index < -0.39 is 6.10 Å². The van der Waals surface area contributed by atoms with Crippen molar-refractivity contribution in [1.29, 1.82) is 0 Å². The minimum absolute atomic E-state index is 0.0577. The van der Waals surface area contributed by atoms with Gasteiger partial charge >= 0.3 is 0 Å². The number of fused-ring (bicyclic) bond motifs is 1. The number of amides is 1. The third kappa shape index (κ3) is 3.11. The average Bonchev–Trinajstić information content (AvgIpc) is 2.72.